The van der Waals surface area contributed by atoms with Crippen molar-refractivity contribution < 1.29 is 27.8 Å². The molecule has 0 saturated carbocycles. The Morgan fingerprint density at radius 1 is 1.17 bits per heavy atom. The van der Waals surface area contributed by atoms with Gasteiger partial charge in [0.25, 0.3) is 5.56 Å². The maximum Gasteiger partial charge on any atom is 0.333 e. The van der Waals surface area contributed by atoms with Crippen molar-refractivity contribution in [3.8, 4) is 12.1 Å². The lowest BCUT2D eigenvalue weighted by molar-refractivity contribution is -0.0531. The Morgan fingerprint density at radius 2 is 1.77 bits per heavy atom. The zero-order chi connectivity index (χ0) is 26.2. The third-order valence-corrected chi connectivity index (χ3v) is 11.5. The average Bonchev–Trinajstić information content (AvgIpc) is 3.09. The molecule has 0 amide bonds. The Balaban J connectivity index is 2.45. The number of aromatic nitrogens is 2. The lowest BCUT2D eigenvalue weighted by Crippen LogP contribution is -2.50. The summed E-state index contributed by atoms with van der Waals surface area (Å²) >= 11 is 0. The Hall–Kier alpha value is -1.93. The highest BCUT2D eigenvalue weighted by molar-refractivity contribution is 7.41. The smallest absolute Gasteiger partial charge is 0.333 e. The highest BCUT2D eigenvalue weighted by Gasteiger charge is 2.52. The molecule has 194 valence electrons. The standard InChI is InChI=1S/C21H33N4O8PSi/c1-21(2,3)35(4,5)33-18-17(32-34(29-12-6-9-22)30-13-7-10-23)15(14-26)31-19(18)25-11-8-16(27)24-20(25)28/h8,11,15,17-19,26H,6-7,12-14H2,1-5H3,(H,24,27,28)/t15-,17-,18-,19-/m1/s1. The number of aliphatic hydroxyl groups excluding tert-OH is 1. The lowest BCUT2D eigenvalue weighted by atomic mass is 10.1. The van der Waals surface area contributed by atoms with E-state index in [1.165, 1.54) is 16.8 Å². The summed E-state index contributed by atoms with van der Waals surface area (Å²) < 4.78 is 31.2. The fraction of sp³-hybridized carbons (Fsp3) is 0.714. The van der Waals surface area contributed by atoms with Gasteiger partial charge in [-0.25, -0.2) is 4.79 Å². The van der Waals surface area contributed by atoms with Crippen LogP contribution < -0.4 is 11.2 Å². The summed E-state index contributed by atoms with van der Waals surface area (Å²) in [4.78, 5) is 26.4. The van der Waals surface area contributed by atoms with E-state index in [0.717, 1.165) is 0 Å². The molecule has 0 bridgehead atoms. The number of H-pyrrole nitrogens is 1. The van der Waals surface area contributed by atoms with E-state index in [-0.39, 0.29) is 31.1 Å². The van der Waals surface area contributed by atoms with Gasteiger partial charge in [-0.3, -0.25) is 14.3 Å². The van der Waals surface area contributed by atoms with E-state index in [1.54, 1.807) is 0 Å². The molecule has 4 atom stereocenters. The third-order valence-electron chi connectivity index (χ3n) is 5.86. The lowest BCUT2D eigenvalue weighted by Gasteiger charge is -2.40. The van der Waals surface area contributed by atoms with Crippen LogP contribution in [0.5, 0.6) is 0 Å². The van der Waals surface area contributed by atoms with Gasteiger partial charge >= 0.3 is 14.3 Å². The summed E-state index contributed by atoms with van der Waals surface area (Å²) in [6.45, 7) is 9.86. The monoisotopic (exact) mass is 528 g/mol. The molecule has 0 spiro atoms. The second-order valence-electron chi connectivity index (χ2n) is 9.38. The van der Waals surface area contributed by atoms with Crippen LogP contribution in [0.4, 0.5) is 0 Å². The predicted octanol–water partition coefficient (Wildman–Crippen LogP) is 2.29. The van der Waals surface area contributed by atoms with Gasteiger partial charge in [0.15, 0.2) is 14.5 Å². The number of nitriles is 2. The van der Waals surface area contributed by atoms with E-state index in [2.05, 4.69) is 25.8 Å². The molecule has 2 rings (SSSR count). The van der Waals surface area contributed by atoms with Crippen molar-refractivity contribution in [2.45, 2.75) is 76.3 Å². The molecular formula is C21H33N4O8PSi. The van der Waals surface area contributed by atoms with Crippen LogP contribution in [0, 0.1) is 22.7 Å². The first kappa shape index (κ1) is 29.3. The fourth-order valence-corrected chi connectivity index (χ4v) is 5.42. The van der Waals surface area contributed by atoms with Gasteiger partial charge in [0.2, 0.25) is 0 Å². The summed E-state index contributed by atoms with van der Waals surface area (Å²) in [6, 6.07) is 5.14. The number of aromatic amines is 1. The summed E-state index contributed by atoms with van der Waals surface area (Å²) in [7, 11) is -4.49. The molecule has 35 heavy (non-hydrogen) atoms. The molecule has 1 aromatic heterocycles. The van der Waals surface area contributed by atoms with Crippen molar-refractivity contribution in [3.63, 3.8) is 0 Å². The average molecular weight is 529 g/mol. The van der Waals surface area contributed by atoms with Gasteiger partial charge in [0.05, 0.1) is 44.8 Å². The van der Waals surface area contributed by atoms with Crippen LogP contribution in [-0.4, -0.2) is 61.1 Å². The van der Waals surface area contributed by atoms with Crippen molar-refractivity contribution in [2.75, 3.05) is 19.8 Å². The Bertz CT molecular complexity index is 1010. The normalized spacial score (nSPS) is 22.8. The van der Waals surface area contributed by atoms with Crippen molar-refractivity contribution in [1.82, 2.24) is 9.55 Å². The molecule has 1 saturated heterocycles. The number of hydrogen-bond donors (Lipinski definition) is 2. The Morgan fingerprint density at radius 3 is 2.26 bits per heavy atom. The van der Waals surface area contributed by atoms with Crippen molar-refractivity contribution in [1.29, 1.82) is 10.5 Å². The van der Waals surface area contributed by atoms with Crippen LogP contribution in [0.25, 0.3) is 0 Å². The zero-order valence-electron chi connectivity index (χ0n) is 20.6. The first-order chi connectivity index (χ1) is 16.4. The predicted molar refractivity (Wildman–Crippen MR) is 129 cm³/mol. The molecule has 0 unspecified atom stereocenters. The van der Waals surface area contributed by atoms with Crippen LogP contribution in [0.15, 0.2) is 21.9 Å². The Kier molecular flexibility index (Phi) is 10.8. The number of hydrogen-bond acceptors (Lipinski definition) is 10. The molecule has 2 N–H and O–H groups in total. The molecule has 1 aliphatic heterocycles. The number of aliphatic hydroxyl groups is 1. The van der Waals surface area contributed by atoms with Crippen LogP contribution >= 0.6 is 8.60 Å². The quantitative estimate of drug-likeness (QED) is 0.233. The number of ether oxygens (including phenoxy) is 1. The number of nitrogens with one attached hydrogen (secondary N) is 1. The largest absolute Gasteiger partial charge is 0.407 e. The summed E-state index contributed by atoms with van der Waals surface area (Å²) in [5.74, 6) is 0. The maximum atomic E-state index is 12.6. The Labute approximate surface area is 206 Å². The molecule has 1 aliphatic rings. The minimum absolute atomic E-state index is 0.0443. The fourth-order valence-electron chi connectivity index (χ4n) is 3.01. The van der Waals surface area contributed by atoms with Gasteiger partial charge in [-0.2, -0.15) is 10.5 Å². The minimum Gasteiger partial charge on any atom is -0.407 e. The van der Waals surface area contributed by atoms with Gasteiger partial charge < -0.3 is 27.8 Å². The summed E-state index contributed by atoms with van der Waals surface area (Å²) in [6.07, 6.45) is -2.17. The van der Waals surface area contributed by atoms with E-state index >= 15 is 0 Å². The van der Waals surface area contributed by atoms with Crippen LogP contribution in [0.3, 0.4) is 0 Å². The molecule has 2 heterocycles. The van der Waals surface area contributed by atoms with Crippen molar-refractivity contribution in [2.24, 2.45) is 0 Å². The number of nitrogens with zero attached hydrogens (tertiary/aromatic N) is 3. The maximum absolute atomic E-state index is 12.6. The molecular weight excluding hydrogens is 495 g/mol. The van der Waals surface area contributed by atoms with Crippen LogP contribution in [0.2, 0.25) is 18.1 Å². The van der Waals surface area contributed by atoms with E-state index in [4.69, 9.17) is 33.3 Å². The van der Waals surface area contributed by atoms with Crippen LogP contribution in [-0.2, 0) is 22.7 Å². The highest BCUT2D eigenvalue weighted by atomic mass is 31.2. The van der Waals surface area contributed by atoms with Crippen molar-refractivity contribution in [3.05, 3.63) is 33.1 Å². The van der Waals surface area contributed by atoms with E-state index in [1.807, 2.05) is 25.2 Å². The van der Waals surface area contributed by atoms with Crippen LogP contribution in [0.1, 0.15) is 39.8 Å². The minimum atomic E-state index is -2.46. The third kappa shape index (κ3) is 7.77. The topological polar surface area (TPSA) is 169 Å². The molecule has 12 nitrogen and oxygen atoms in total. The van der Waals surface area contributed by atoms with Gasteiger partial charge in [-0.15, -0.1) is 0 Å². The molecule has 0 radical (unpaired) electrons. The van der Waals surface area contributed by atoms with E-state index in [9.17, 15) is 14.7 Å². The molecule has 0 aliphatic carbocycles. The molecule has 1 fully saturated rings. The van der Waals surface area contributed by atoms with E-state index < -0.39 is 59.3 Å². The van der Waals surface area contributed by atoms with Gasteiger partial charge in [-0.1, -0.05) is 20.8 Å². The second-order valence-corrected chi connectivity index (χ2v) is 15.3. The molecule has 14 heteroatoms. The SMILES string of the molecule is CC(C)(C)[Si](C)(C)O[C@@H]1[C@H](OP(OCCC#N)OCCC#N)[C@@H](CO)O[C@H]1n1ccc(=O)[nH]c1=O. The van der Waals surface area contributed by atoms with Gasteiger partial charge in [0, 0.05) is 12.3 Å². The second kappa shape index (κ2) is 12.9. The van der Waals surface area contributed by atoms with Gasteiger partial charge in [0.1, 0.15) is 18.3 Å². The molecule has 0 aromatic carbocycles. The van der Waals surface area contributed by atoms with E-state index in [0.29, 0.717) is 0 Å². The first-order valence-corrected chi connectivity index (χ1v) is 15.2. The van der Waals surface area contributed by atoms with Crippen molar-refractivity contribution >= 4 is 16.9 Å². The first-order valence-electron chi connectivity index (χ1n) is 11.2. The summed E-state index contributed by atoms with van der Waals surface area (Å²) in [5.41, 5.74) is -1.25. The number of rotatable bonds is 12. The highest BCUT2D eigenvalue weighted by Crippen LogP contribution is 2.48. The molecule has 1 aromatic rings. The summed E-state index contributed by atoms with van der Waals surface area (Å²) in [5, 5.41) is 27.5. The van der Waals surface area contributed by atoms with Gasteiger partial charge in [-0.05, 0) is 18.1 Å². The zero-order valence-corrected chi connectivity index (χ0v) is 22.5.